The molecule has 1 aromatic rings. The van der Waals surface area contributed by atoms with Crippen LogP contribution in [0, 0.1) is 0 Å². The van der Waals surface area contributed by atoms with Gasteiger partial charge in [-0.1, -0.05) is 34.6 Å². The maximum atomic E-state index is 11.8. The Balaban J connectivity index is 3.70. The molecule has 0 unspecified atom stereocenters. The van der Waals surface area contributed by atoms with Gasteiger partial charge < -0.3 is 0 Å². The zero-order valence-electron chi connectivity index (χ0n) is 11.4. The summed E-state index contributed by atoms with van der Waals surface area (Å²) < 4.78 is 23.6. The van der Waals surface area contributed by atoms with Gasteiger partial charge in [-0.2, -0.15) is 0 Å². The molecule has 0 saturated heterocycles. The van der Waals surface area contributed by atoms with Crippen LogP contribution in [0.2, 0.25) is 0 Å². The molecule has 17 heavy (non-hydrogen) atoms. The molecule has 3 nitrogen and oxygen atoms in total. The summed E-state index contributed by atoms with van der Waals surface area (Å²) in [5.41, 5.74) is 1.68. The van der Waals surface area contributed by atoms with Crippen LogP contribution in [-0.4, -0.2) is 19.7 Å². The quantitative estimate of drug-likeness (QED) is 0.816. The van der Waals surface area contributed by atoms with Gasteiger partial charge in [0.05, 0.1) is 0 Å². The molecule has 96 valence electrons. The Bertz CT molecular complexity index is 511. The molecule has 0 aromatic carbocycles. The molecule has 0 fully saturated rings. The lowest BCUT2D eigenvalue weighted by Crippen LogP contribution is -2.21. The Morgan fingerprint density at radius 1 is 1.24 bits per heavy atom. The lowest BCUT2D eigenvalue weighted by atomic mass is 9.82. The third-order valence-corrected chi connectivity index (χ3v) is 3.68. The predicted octanol–water partition coefficient (Wildman–Crippen LogP) is 2.91. The zero-order valence-corrected chi connectivity index (χ0v) is 12.2. The monoisotopic (exact) mass is 255 g/mol. The van der Waals surface area contributed by atoms with Gasteiger partial charge in [-0.3, -0.25) is 0 Å². The van der Waals surface area contributed by atoms with E-state index in [1.54, 1.807) is 6.20 Å². The van der Waals surface area contributed by atoms with Gasteiger partial charge in [0.25, 0.3) is 0 Å². The molecule has 1 aromatic heterocycles. The van der Waals surface area contributed by atoms with Crippen LogP contribution in [0.5, 0.6) is 0 Å². The molecule has 0 aliphatic heterocycles. The molecule has 0 radical (unpaired) electrons. The van der Waals surface area contributed by atoms with Gasteiger partial charge >= 0.3 is 0 Å². The first-order valence-electron chi connectivity index (χ1n) is 5.74. The Kier molecular flexibility index (Phi) is 3.67. The number of hydrogen-bond donors (Lipinski definition) is 0. The maximum absolute atomic E-state index is 11.8. The van der Waals surface area contributed by atoms with Crippen molar-refractivity contribution in [3.63, 3.8) is 0 Å². The average molecular weight is 255 g/mol. The van der Waals surface area contributed by atoms with E-state index in [1.165, 1.54) is 6.26 Å². The molecule has 0 saturated carbocycles. The van der Waals surface area contributed by atoms with Crippen molar-refractivity contribution in [2.24, 2.45) is 0 Å². The summed E-state index contributed by atoms with van der Waals surface area (Å²) in [5, 5.41) is 0.219. The highest BCUT2D eigenvalue weighted by atomic mass is 32.2. The molecule has 0 amide bonds. The van der Waals surface area contributed by atoms with Gasteiger partial charge in [-0.25, -0.2) is 13.4 Å². The van der Waals surface area contributed by atoms with Crippen molar-refractivity contribution in [2.45, 2.75) is 51.0 Å². The highest BCUT2D eigenvalue weighted by molar-refractivity contribution is 7.90. The summed E-state index contributed by atoms with van der Waals surface area (Å²) in [5.74, 6) is 0.285. The van der Waals surface area contributed by atoms with Crippen molar-refractivity contribution in [3.8, 4) is 0 Å². The molecule has 0 bridgehead atoms. The van der Waals surface area contributed by atoms with Crippen LogP contribution in [0.1, 0.15) is 51.7 Å². The fourth-order valence-corrected chi connectivity index (χ4v) is 3.02. The van der Waals surface area contributed by atoms with E-state index >= 15 is 0 Å². The molecule has 0 aliphatic rings. The largest absolute Gasteiger partial charge is 0.244 e. The first kappa shape index (κ1) is 14.2. The molecule has 1 heterocycles. The van der Waals surface area contributed by atoms with E-state index in [2.05, 4.69) is 18.8 Å². The maximum Gasteiger partial charge on any atom is 0.193 e. The Morgan fingerprint density at radius 2 is 1.76 bits per heavy atom. The van der Waals surface area contributed by atoms with Crippen molar-refractivity contribution in [1.29, 1.82) is 0 Å². The number of hydrogen-bond acceptors (Lipinski definition) is 3. The van der Waals surface area contributed by atoms with Gasteiger partial charge in [-0.15, -0.1) is 0 Å². The predicted molar refractivity (Wildman–Crippen MR) is 70.1 cm³/mol. The van der Waals surface area contributed by atoms with E-state index in [9.17, 15) is 8.42 Å². The van der Waals surface area contributed by atoms with Crippen molar-refractivity contribution >= 4 is 9.84 Å². The Morgan fingerprint density at radius 3 is 2.12 bits per heavy atom. The highest BCUT2D eigenvalue weighted by Crippen LogP contribution is 2.34. The summed E-state index contributed by atoms with van der Waals surface area (Å²) >= 11 is 0. The fourth-order valence-electron chi connectivity index (χ4n) is 1.97. The SMILES string of the molecule is CC(C)c1ccnc(S(C)(=O)=O)c1C(C)(C)C. The van der Waals surface area contributed by atoms with Crippen LogP contribution >= 0.6 is 0 Å². The van der Waals surface area contributed by atoms with Crippen molar-refractivity contribution in [2.75, 3.05) is 6.26 Å². The van der Waals surface area contributed by atoms with Crippen LogP contribution in [-0.2, 0) is 15.3 Å². The number of pyridine rings is 1. The third-order valence-electron chi connectivity index (χ3n) is 2.67. The third kappa shape index (κ3) is 3.06. The van der Waals surface area contributed by atoms with Crippen molar-refractivity contribution < 1.29 is 8.42 Å². The van der Waals surface area contributed by atoms with Crippen LogP contribution < -0.4 is 0 Å². The van der Waals surface area contributed by atoms with E-state index < -0.39 is 9.84 Å². The normalized spacial score (nSPS) is 13.1. The van der Waals surface area contributed by atoms with Crippen molar-refractivity contribution in [3.05, 3.63) is 23.4 Å². The lowest BCUT2D eigenvalue weighted by Gasteiger charge is -2.26. The van der Waals surface area contributed by atoms with E-state index in [0.717, 1.165) is 11.1 Å². The minimum Gasteiger partial charge on any atom is -0.244 e. The summed E-state index contributed by atoms with van der Waals surface area (Å²) in [6.45, 7) is 10.2. The molecular weight excluding hydrogens is 234 g/mol. The summed E-state index contributed by atoms with van der Waals surface area (Å²) in [4.78, 5) is 4.07. The molecule has 0 aliphatic carbocycles. The number of aromatic nitrogens is 1. The average Bonchev–Trinajstić information content (AvgIpc) is 2.13. The van der Waals surface area contributed by atoms with Crippen molar-refractivity contribution in [1.82, 2.24) is 4.98 Å². The first-order chi connectivity index (χ1) is 7.55. The molecule has 1 rings (SSSR count). The van der Waals surface area contributed by atoms with E-state index in [-0.39, 0.29) is 16.4 Å². The molecule has 0 spiro atoms. The molecule has 0 atom stereocenters. The smallest absolute Gasteiger partial charge is 0.193 e. The summed E-state index contributed by atoms with van der Waals surface area (Å²) in [6, 6.07) is 1.92. The van der Waals surface area contributed by atoms with Crippen LogP contribution in [0.25, 0.3) is 0 Å². The minimum atomic E-state index is -3.28. The minimum absolute atomic E-state index is 0.219. The van der Waals surface area contributed by atoms with Gasteiger partial charge in [0.2, 0.25) is 0 Å². The zero-order chi connectivity index (χ0) is 13.4. The van der Waals surface area contributed by atoms with Gasteiger partial charge in [0.15, 0.2) is 14.9 Å². The van der Waals surface area contributed by atoms with E-state index in [0.29, 0.717) is 0 Å². The van der Waals surface area contributed by atoms with Crippen LogP contribution in [0.4, 0.5) is 0 Å². The number of nitrogens with zero attached hydrogens (tertiary/aromatic N) is 1. The van der Waals surface area contributed by atoms with Gasteiger partial charge in [0, 0.05) is 12.5 Å². The lowest BCUT2D eigenvalue weighted by molar-refractivity contribution is 0.543. The van der Waals surface area contributed by atoms with Crippen LogP contribution in [0.3, 0.4) is 0 Å². The second-order valence-electron chi connectivity index (χ2n) is 5.76. The van der Waals surface area contributed by atoms with Crippen LogP contribution in [0.15, 0.2) is 17.3 Å². The molecular formula is C13H21NO2S. The van der Waals surface area contributed by atoms with Gasteiger partial charge in [0.1, 0.15) is 0 Å². The second kappa shape index (κ2) is 4.41. The highest BCUT2D eigenvalue weighted by Gasteiger charge is 2.28. The second-order valence-corrected chi connectivity index (χ2v) is 7.69. The van der Waals surface area contributed by atoms with E-state index in [4.69, 9.17) is 0 Å². The first-order valence-corrected chi connectivity index (χ1v) is 7.63. The Hall–Kier alpha value is -0.900. The summed E-state index contributed by atoms with van der Waals surface area (Å²) in [7, 11) is -3.28. The fraction of sp³-hybridized carbons (Fsp3) is 0.615. The van der Waals surface area contributed by atoms with Gasteiger partial charge in [-0.05, 0) is 28.5 Å². The number of sulfone groups is 1. The standard InChI is InChI=1S/C13H21NO2S/c1-9(2)10-7-8-14-12(17(6,15)16)11(10)13(3,4)5/h7-9H,1-6H3. The molecule has 0 N–H and O–H groups in total. The summed E-state index contributed by atoms with van der Waals surface area (Å²) in [6.07, 6.45) is 2.80. The topological polar surface area (TPSA) is 47.0 Å². The number of rotatable bonds is 2. The molecule has 4 heteroatoms. The Labute approximate surface area is 104 Å². The van der Waals surface area contributed by atoms with E-state index in [1.807, 2.05) is 26.8 Å².